The van der Waals surface area contributed by atoms with E-state index in [1.807, 2.05) is 0 Å². The molecule has 0 unspecified atom stereocenters. The zero-order chi connectivity index (χ0) is 16.8. The Morgan fingerprint density at radius 1 is 1.23 bits per heavy atom. The lowest BCUT2D eigenvalue weighted by molar-refractivity contribution is -0.168. The van der Waals surface area contributed by atoms with Gasteiger partial charge in [-0.3, -0.25) is 9.59 Å². The molecule has 1 aliphatic rings. The zero-order valence-corrected chi connectivity index (χ0v) is 13.4. The fourth-order valence-electron chi connectivity index (χ4n) is 1.78. The lowest BCUT2D eigenvalue weighted by Gasteiger charge is -2.28. The topological polar surface area (TPSA) is 111 Å². The van der Waals surface area contributed by atoms with E-state index < -0.39 is 29.4 Å². The van der Waals surface area contributed by atoms with E-state index in [-0.39, 0.29) is 25.5 Å². The molecule has 2 N–H and O–H groups in total. The minimum atomic E-state index is -1.20. The lowest BCUT2D eigenvalue weighted by Crippen LogP contribution is -2.47. The summed E-state index contributed by atoms with van der Waals surface area (Å²) in [5.41, 5.74) is -0.861. The molecule has 2 amide bonds. The van der Waals surface area contributed by atoms with Crippen molar-refractivity contribution in [2.24, 2.45) is 5.41 Å². The van der Waals surface area contributed by atoms with Gasteiger partial charge in [0.15, 0.2) is 6.10 Å². The van der Waals surface area contributed by atoms with Gasteiger partial charge in [0.25, 0.3) is 5.91 Å². The Hall–Kier alpha value is -1.77. The lowest BCUT2D eigenvalue weighted by atomic mass is 9.87. The average molecular weight is 332 g/mol. The molecule has 1 saturated heterocycles. The van der Waals surface area contributed by atoms with E-state index in [0.717, 1.165) is 0 Å². The van der Waals surface area contributed by atoms with Gasteiger partial charge in [-0.2, -0.15) is 12.6 Å². The minimum Gasteiger partial charge on any atom is -0.457 e. The van der Waals surface area contributed by atoms with Crippen LogP contribution in [0.3, 0.4) is 0 Å². The molecule has 0 aromatic heterocycles. The van der Waals surface area contributed by atoms with Gasteiger partial charge < -0.3 is 20.1 Å². The summed E-state index contributed by atoms with van der Waals surface area (Å²) in [6.07, 6.45) is -1.07. The number of cyclic esters (lactones) is 2. The molecule has 8 nitrogen and oxygen atoms in total. The number of carbonyl (C=O) groups excluding carboxylic acids is 4. The summed E-state index contributed by atoms with van der Waals surface area (Å²) in [4.78, 5) is 46.1. The molecule has 0 aromatic carbocycles. The van der Waals surface area contributed by atoms with E-state index in [2.05, 4.69) is 23.3 Å². The Bertz CT molecular complexity index is 465. The number of thiol groups is 1. The second-order valence-electron chi connectivity index (χ2n) is 5.46. The molecule has 22 heavy (non-hydrogen) atoms. The molecule has 0 aromatic rings. The van der Waals surface area contributed by atoms with E-state index in [0.29, 0.717) is 12.3 Å². The van der Waals surface area contributed by atoms with E-state index >= 15 is 0 Å². The van der Waals surface area contributed by atoms with Gasteiger partial charge in [0.2, 0.25) is 5.91 Å². The number of nitrogens with one attached hydrogen (secondary N) is 2. The van der Waals surface area contributed by atoms with Crippen LogP contribution in [0.1, 0.15) is 20.3 Å². The number of ether oxygens (including phenoxy) is 2. The minimum absolute atomic E-state index is 0.0933. The Morgan fingerprint density at radius 2 is 1.91 bits per heavy atom. The van der Waals surface area contributed by atoms with Gasteiger partial charge >= 0.3 is 11.9 Å². The molecule has 0 saturated carbocycles. The normalized spacial score (nSPS) is 20.4. The van der Waals surface area contributed by atoms with Crippen molar-refractivity contribution in [1.29, 1.82) is 0 Å². The number of hydrogen-bond donors (Lipinski definition) is 3. The number of esters is 2. The van der Waals surface area contributed by atoms with Crippen LogP contribution in [0.4, 0.5) is 0 Å². The van der Waals surface area contributed by atoms with Crippen LogP contribution in [-0.4, -0.2) is 55.3 Å². The van der Waals surface area contributed by atoms with Crippen LogP contribution in [0.2, 0.25) is 0 Å². The largest absolute Gasteiger partial charge is 0.457 e. The van der Waals surface area contributed by atoms with Crippen LogP contribution in [0, 0.1) is 5.41 Å². The SMILES string of the molecule is CC1(C)COC(=O)C(=O)O[C@H]1C(=O)NCCC(=O)NCCS. The highest BCUT2D eigenvalue weighted by atomic mass is 32.1. The Kier molecular flexibility index (Phi) is 6.66. The highest BCUT2D eigenvalue weighted by molar-refractivity contribution is 7.80. The average Bonchev–Trinajstić information content (AvgIpc) is 2.56. The molecular weight excluding hydrogens is 312 g/mol. The predicted octanol–water partition coefficient (Wildman–Crippen LogP) is -0.966. The summed E-state index contributed by atoms with van der Waals surface area (Å²) in [5.74, 6) is -2.58. The van der Waals surface area contributed by atoms with Gasteiger partial charge in [-0.1, -0.05) is 13.8 Å². The first-order valence-electron chi connectivity index (χ1n) is 6.81. The van der Waals surface area contributed by atoms with Crippen LogP contribution < -0.4 is 10.6 Å². The third-order valence-corrected chi connectivity index (χ3v) is 3.22. The molecule has 0 radical (unpaired) electrons. The van der Waals surface area contributed by atoms with Gasteiger partial charge in [-0.05, 0) is 0 Å². The summed E-state index contributed by atoms with van der Waals surface area (Å²) < 4.78 is 9.62. The Labute approximate surface area is 133 Å². The highest BCUT2D eigenvalue weighted by Gasteiger charge is 2.44. The van der Waals surface area contributed by atoms with Crippen LogP contribution in [0.15, 0.2) is 0 Å². The summed E-state index contributed by atoms with van der Waals surface area (Å²) in [6, 6.07) is 0. The summed E-state index contributed by atoms with van der Waals surface area (Å²) in [5, 5.41) is 5.12. The first kappa shape index (κ1) is 18.3. The summed E-state index contributed by atoms with van der Waals surface area (Å²) >= 11 is 3.96. The maximum atomic E-state index is 12.1. The molecule has 124 valence electrons. The van der Waals surface area contributed by atoms with Gasteiger partial charge in [0.05, 0.1) is 0 Å². The monoisotopic (exact) mass is 332 g/mol. The second kappa shape index (κ2) is 8.02. The number of amides is 2. The van der Waals surface area contributed by atoms with E-state index in [1.54, 1.807) is 13.8 Å². The standard InChI is InChI=1S/C13H20N2O6S/c1-13(2)7-20-11(18)12(19)21-9(13)10(17)15-4-3-8(16)14-5-6-22/h9,22H,3-7H2,1-2H3,(H,14,16)(H,15,17)/t9-/m0/s1. The van der Waals surface area contributed by atoms with Gasteiger partial charge in [0.1, 0.15) is 6.61 Å². The van der Waals surface area contributed by atoms with Crippen molar-refractivity contribution in [3.05, 3.63) is 0 Å². The summed E-state index contributed by atoms with van der Waals surface area (Å²) in [6.45, 7) is 3.71. The van der Waals surface area contributed by atoms with Crippen LogP contribution >= 0.6 is 12.6 Å². The molecule has 0 bridgehead atoms. The highest BCUT2D eigenvalue weighted by Crippen LogP contribution is 2.27. The van der Waals surface area contributed by atoms with E-state index in [4.69, 9.17) is 9.47 Å². The van der Waals surface area contributed by atoms with Crippen LogP contribution in [0.25, 0.3) is 0 Å². The molecule has 1 rings (SSSR count). The number of rotatable bonds is 6. The van der Waals surface area contributed by atoms with Crippen molar-refractivity contribution in [3.8, 4) is 0 Å². The van der Waals surface area contributed by atoms with Crippen molar-refractivity contribution in [2.75, 3.05) is 25.4 Å². The third-order valence-electron chi connectivity index (χ3n) is 3.00. The first-order chi connectivity index (χ1) is 10.3. The fourth-order valence-corrected chi connectivity index (χ4v) is 1.90. The summed E-state index contributed by atoms with van der Waals surface area (Å²) in [7, 11) is 0. The molecule has 1 atom stereocenters. The Balaban J connectivity index is 2.53. The molecule has 1 fully saturated rings. The van der Waals surface area contributed by atoms with Gasteiger partial charge in [0, 0.05) is 30.7 Å². The third kappa shape index (κ3) is 5.21. The van der Waals surface area contributed by atoms with Crippen molar-refractivity contribution >= 4 is 36.4 Å². The molecule has 1 aliphatic heterocycles. The van der Waals surface area contributed by atoms with Crippen LogP contribution in [0.5, 0.6) is 0 Å². The van der Waals surface area contributed by atoms with Crippen molar-refractivity contribution in [1.82, 2.24) is 10.6 Å². The fraction of sp³-hybridized carbons (Fsp3) is 0.692. The predicted molar refractivity (Wildman–Crippen MR) is 79.1 cm³/mol. The van der Waals surface area contributed by atoms with Crippen molar-refractivity contribution < 1.29 is 28.7 Å². The molecular formula is C13H20N2O6S. The smallest absolute Gasteiger partial charge is 0.418 e. The molecule has 1 heterocycles. The molecule has 0 aliphatic carbocycles. The quantitative estimate of drug-likeness (QED) is 0.328. The second-order valence-corrected chi connectivity index (χ2v) is 5.91. The Morgan fingerprint density at radius 3 is 2.55 bits per heavy atom. The number of carbonyl (C=O) groups is 4. The van der Waals surface area contributed by atoms with Crippen LogP contribution in [-0.2, 0) is 28.7 Å². The first-order valence-corrected chi connectivity index (χ1v) is 7.44. The maximum Gasteiger partial charge on any atom is 0.418 e. The van der Waals surface area contributed by atoms with E-state index in [9.17, 15) is 19.2 Å². The van der Waals surface area contributed by atoms with Crippen molar-refractivity contribution in [2.45, 2.75) is 26.4 Å². The molecule has 0 spiro atoms. The molecule has 9 heteroatoms. The number of hydrogen-bond acceptors (Lipinski definition) is 7. The van der Waals surface area contributed by atoms with Gasteiger partial charge in [-0.25, -0.2) is 9.59 Å². The van der Waals surface area contributed by atoms with E-state index in [1.165, 1.54) is 0 Å². The van der Waals surface area contributed by atoms with Crippen molar-refractivity contribution in [3.63, 3.8) is 0 Å². The maximum absolute atomic E-state index is 12.1. The zero-order valence-electron chi connectivity index (χ0n) is 12.5. The van der Waals surface area contributed by atoms with Gasteiger partial charge in [-0.15, -0.1) is 0 Å².